The van der Waals surface area contributed by atoms with Crippen LogP contribution in [-0.4, -0.2) is 0 Å². The van der Waals surface area contributed by atoms with E-state index in [0.717, 1.165) is 30.2 Å². The van der Waals surface area contributed by atoms with Crippen LogP contribution in [0.4, 0.5) is 13.2 Å². The van der Waals surface area contributed by atoms with Gasteiger partial charge in [0, 0.05) is 11.1 Å². The molecule has 0 N–H and O–H groups in total. The fraction of sp³-hybridized carbons (Fsp3) is 0.562. The van der Waals surface area contributed by atoms with Crippen LogP contribution in [0.3, 0.4) is 0 Å². The third-order valence-corrected chi connectivity index (χ3v) is 8.47. The molecule has 190 valence electrons. The molecule has 4 rings (SSSR count). The minimum Gasteiger partial charge on any atom is -0.206 e. The van der Waals surface area contributed by atoms with Gasteiger partial charge in [-0.2, -0.15) is 0 Å². The van der Waals surface area contributed by atoms with Crippen molar-refractivity contribution in [3.8, 4) is 11.1 Å². The van der Waals surface area contributed by atoms with Crippen LogP contribution >= 0.6 is 0 Å². The Kier molecular flexibility index (Phi) is 9.14. The van der Waals surface area contributed by atoms with Crippen molar-refractivity contribution in [1.29, 1.82) is 0 Å². The van der Waals surface area contributed by atoms with Crippen LogP contribution in [0.1, 0.15) is 108 Å². The molecule has 1 fully saturated rings. The zero-order valence-corrected chi connectivity index (χ0v) is 21.6. The second-order valence-corrected chi connectivity index (χ2v) is 10.8. The van der Waals surface area contributed by atoms with Gasteiger partial charge in [0.15, 0.2) is 11.6 Å². The standard InChI is InChI=1S/C32H41F3/c1-3-5-6-7-8-22-9-11-23(12-10-22)13-14-24-15-18-27-26(21-24)17-20-28(31(27)34)29-19-16-25(4-2)30(33)32(29)35/h16-17,19-23H,3-15,18H2,1-2H3. The summed E-state index contributed by atoms with van der Waals surface area (Å²) in [6.45, 7) is 4.05. The molecular weight excluding hydrogens is 441 g/mol. The van der Waals surface area contributed by atoms with Gasteiger partial charge < -0.3 is 0 Å². The van der Waals surface area contributed by atoms with E-state index in [9.17, 15) is 8.78 Å². The molecule has 2 aromatic rings. The van der Waals surface area contributed by atoms with Gasteiger partial charge >= 0.3 is 0 Å². The third kappa shape index (κ3) is 6.22. The van der Waals surface area contributed by atoms with Gasteiger partial charge in [-0.15, -0.1) is 0 Å². The summed E-state index contributed by atoms with van der Waals surface area (Å²) in [6, 6.07) is 6.55. The summed E-state index contributed by atoms with van der Waals surface area (Å²) >= 11 is 0. The van der Waals surface area contributed by atoms with Gasteiger partial charge in [-0.25, -0.2) is 13.2 Å². The van der Waals surface area contributed by atoms with Crippen molar-refractivity contribution < 1.29 is 13.2 Å². The van der Waals surface area contributed by atoms with Crippen LogP contribution in [0.2, 0.25) is 0 Å². The Labute approximate surface area is 210 Å². The molecule has 35 heavy (non-hydrogen) atoms. The number of hydrogen-bond donors (Lipinski definition) is 0. The Morgan fingerprint density at radius 1 is 0.714 bits per heavy atom. The average Bonchev–Trinajstić information content (AvgIpc) is 2.88. The van der Waals surface area contributed by atoms with E-state index in [1.807, 2.05) is 6.07 Å². The van der Waals surface area contributed by atoms with Crippen molar-refractivity contribution in [2.45, 2.75) is 104 Å². The first kappa shape index (κ1) is 26.0. The molecule has 2 aliphatic carbocycles. The molecule has 0 atom stereocenters. The summed E-state index contributed by atoms with van der Waals surface area (Å²) in [6.07, 6.45) is 18.8. The highest BCUT2D eigenvalue weighted by atomic mass is 19.2. The first-order valence-corrected chi connectivity index (χ1v) is 14.0. The van der Waals surface area contributed by atoms with Crippen LogP contribution in [0.25, 0.3) is 17.2 Å². The minimum atomic E-state index is -0.953. The lowest BCUT2D eigenvalue weighted by atomic mass is 9.77. The van der Waals surface area contributed by atoms with Gasteiger partial charge in [-0.3, -0.25) is 0 Å². The van der Waals surface area contributed by atoms with Crippen LogP contribution < -0.4 is 0 Å². The molecule has 0 spiro atoms. The van der Waals surface area contributed by atoms with Crippen LogP contribution in [-0.2, 0) is 12.8 Å². The summed E-state index contributed by atoms with van der Waals surface area (Å²) in [4.78, 5) is 0. The number of halogens is 3. The number of aryl methyl sites for hydroxylation is 1. The van der Waals surface area contributed by atoms with Crippen LogP contribution in [0.5, 0.6) is 0 Å². The van der Waals surface area contributed by atoms with E-state index >= 15 is 4.39 Å². The summed E-state index contributed by atoms with van der Waals surface area (Å²) in [5.41, 5.74) is 3.42. The second kappa shape index (κ2) is 12.3. The largest absolute Gasteiger partial charge is 0.206 e. The van der Waals surface area contributed by atoms with Crippen molar-refractivity contribution in [3.05, 3.63) is 64.0 Å². The molecule has 0 amide bonds. The first-order valence-electron chi connectivity index (χ1n) is 14.0. The predicted octanol–water partition coefficient (Wildman–Crippen LogP) is 10.2. The van der Waals surface area contributed by atoms with E-state index in [4.69, 9.17) is 0 Å². The molecule has 3 heteroatoms. The van der Waals surface area contributed by atoms with Crippen molar-refractivity contribution in [1.82, 2.24) is 0 Å². The SMILES string of the molecule is CCCCCCC1CCC(CCC2=Cc3ccc(-c4ccc(CC)c(F)c4F)c(F)c3CC2)CC1. The molecule has 0 bridgehead atoms. The van der Waals surface area contributed by atoms with Crippen molar-refractivity contribution >= 4 is 6.08 Å². The van der Waals surface area contributed by atoms with E-state index in [0.29, 0.717) is 24.0 Å². The normalized spacial score (nSPS) is 20.0. The third-order valence-electron chi connectivity index (χ3n) is 8.47. The van der Waals surface area contributed by atoms with E-state index in [2.05, 4.69) is 13.0 Å². The first-order chi connectivity index (χ1) is 17.0. The molecule has 0 radical (unpaired) electrons. The van der Waals surface area contributed by atoms with Crippen molar-refractivity contribution in [2.24, 2.45) is 11.8 Å². The summed E-state index contributed by atoms with van der Waals surface area (Å²) in [5.74, 6) is -0.455. The fourth-order valence-corrected chi connectivity index (χ4v) is 6.14. The topological polar surface area (TPSA) is 0 Å². The molecule has 0 aromatic heterocycles. The monoisotopic (exact) mass is 482 g/mol. The maximum absolute atomic E-state index is 15.4. The summed E-state index contributed by atoms with van der Waals surface area (Å²) < 4.78 is 44.3. The molecule has 2 aliphatic rings. The lowest BCUT2D eigenvalue weighted by molar-refractivity contribution is 0.248. The highest BCUT2D eigenvalue weighted by Gasteiger charge is 2.24. The molecular formula is C32H41F3. The van der Waals surface area contributed by atoms with Gasteiger partial charge in [0.2, 0.25) is 0 Å². The molecule has 0 saturated heterocycles. The van der Waals surface area contributed by atoms with Crippen LogP contribution in [0, 0.1) is 29.3 Å². The van der Waals surface area contributed by atoms with Gasteiger partial charge in [0.25, 0.3) is 0 Å². The summed E-state index contributed by atoms with van der Waals surface area (Å²) in [5, 5.41) is 0. The average molecular weight is 483 g/mol. The van der Waals surface area contributed by atoms with E-state index in [-0.39, 0.29) is 11.1 Å². The van der Waals surface area contributed by atoms with Gasteiger partial charge in [0.05, 0.1) is 0 Å². The lowest BCUT2D eigenvalue weighted by Gasteiger charge is -2.29. The molecule has 0 unspecified atom stereocenters. The highest BCUT2D eigenvalue weighted by Crippen LogP contribution is 2.38. The second-order valence-electron chi connectivity index (χ2n) is 10.8. The number of hydrogen-bond acceptors (Lipinski definition) is 0. The zero-order chi connectivity index (χ0) is 24.8. The van der Waals surface area contributed by atoms with Gasteiger partial charge in [-0.05, 0) is 60.6 Å². The Balaban J connectivity index is 1.35. The Hall–Kier alpha value is -2.03. The number of rotatable bonds is 10. The Bertz CT molecular complexity index is 1030. The highest BCUT2D eigenvalue weighted by molar-refractivity contribution is 5.71. The molecule has 2 aromatic carbocycles. The van der Waals surface area contributed by atoms with Gasteiger partial charge in [0.1, 0.15) is 5.82 Å². The zero-order valence-electron chi connectivity index (χ0n) is 21.6. The van der Waals surface area contributed by atoms with Crippen molar-refractivity contribution in [3.63, 3.8) is 0 Å². The summed E-state index contributed by atoms with van der Waals surface area (Å²) in [7, 11) is 0. The minimum absolute atomic E-state index is 0.00995. The maximum atomic E-state index is 15.4. The number of fused-ring (bicyclic) bond motifs is 1. The Morgan fingerprint density at radius 3 is 2.11 bits per heavy atom. The molecule has 0 aliphatic heterocycles. The van der Waals surface area contributed by atoms with E-state index in [1.54, 1.807) is 19.1 Å². The fourth-order valence-electron chi connectivity index (χ4n) is 6.14. The molecule has 0 nitrogen and oxygen atoms in total. The quantitative estimate of drug-likeness (QED) is 0.295. The number of allylic oxidation sites excluding steroid dienone is 1. The molecule has 0 heterocycles. The van der Waals surface area contributed by atoms with Crippen molar-refractivity contribution in [2.75, 3.05) is 0 Å². The maximum Gasteiger partial charge on any atom is 0.167 e. The van der Waals surface area contributed by atoms with Gasteiger partial charge in [-0.1, -0.05) is 108 Å². The predicted molar refractivity (Wildman–Crippen MR) is 141 cm³/mol. The number of unbranched alkanes of at least 4 members (excludes halogenated alkanes) is 3. The van der Waals surface area contributed by atoms with E-state index in [1.165, 1.54) is 75.8 Å². The number of benzene rings is 2. The smallest absolute Gasteiger partial charge is 0.167 e. The molecule has 1 saturated carbocycles. The lowest BCUT2D eigenvalue weighted by Crippen LogP contribution is -2.15. The van der Waals surface area contributed by atoms with Crippen LogP contribution in [0.15, 0.2) is 29.8 Å². The van der Waals surface area contributed by atoms with E-state index < -0.39 is 17.5 Å². The Morgan fingerprint density at radius 2 is 1.40 bits per heavy atom.